The van der Waals surface area contributed by atoms with Gasteiger partial charge in [0.15, 0.2) is 0 Å². The van der Waals surface area contributed by atoms with Gasteiger partial charge in [-0.3, -0.25) is 0 Å². The number of hydrogen-bond acceptors (Lipinski definition) is 8. The van der Waals surface area contributed by atoms with Crippen molar-refractivity contribution < 1.29 is 35.8 Å². The lowest BCUT2D eigenvalue weighted by Gasteiger charge is -1.87. The van der Waals surface area contributed by atoms with E-state index in [2.05, 4.69) is 38.0 Å². The summed E-state index contributed by atoms with van der Waals surface area (Å²) in [7, 11) is 1.01. The molecule has 4 aromatic carbocycles. The maximum atomic E-state index is 9.63. The molecule has 0 amide bonds. The monoisotopic (exact) mass is 696 g/mol. The first-order chi connectivity index (χ1) is 22.2. The van der Waals surface area contributed by atoms with E-state index >= 15 is 0 Å². The fraction of sp³-hybridized carbons (Fsp3) is 0.351. The van der Waals surface area contributed by atoms with E-state index in [-0.39, 0.29) is 0 Å². The zero-order valence-electron chi connectivity index (χ0n) is 30.3. The highest BCUT2D eigenvalue weighted by Crippen LogP contribution is 1.92. The highest BCUT2D eigenvalue weighted by molar-refractivity contribution is 7.90. The highest BCUT2D eigenvalue weighted by atomic mass is 32.2. The molecule has 0 atom stereocenters. The van der Waals surface area contributed by atoms with Gasteiger partial charge in [-0.15, -0.1) is 0 Å². The van der Waals surface area contributed by atoms with Crippen molar-refractivity contribution in [1.29, 1.82) is 0 Å². The van der Waals surface area contributed by atoms with Gasteiger partial charge >= 0.3 is 0 Å². The molecular formula is C37H60O8S2. The van der Waals surface area contributed by atoms with Crippen molar-refractivity contribution in [2.45, 2.75) is 20.8 Å². The first-order valence-electron chi connectivity index (χ1n) is 14.5. The molecular weight excluding hydrogens is 637 g/mol. The zero-order chi connectivity index (χ0) is 37.1. The molecule has 0 heterocycles. The molecule has 4 rings (SSSR count). The van der Waals surface area contributed by atoms with Gasteiger partial charge < -0.3 is 18.9 Å². The van der Waals surface area contributed by atoms with Crippen molar-refractivity contribution in [2.24, 2.45) is 0 Å². The Labute approximate surface area is 287 Å². The van der Waals surface area contributed by atoms with E-state index in [0.717, 1.165) is 25.0 Å². The van der Waals surface area contributed by atoms with Gasteiger partial charge in [-0.05, 0) is 6.92 Å². The van der Waals surface area contributed by atoms with Crippen molar-refractivity contribution in [3.8, 4) is 0 Å². The van der Waals surface area contributed by atoms with Gasteiger partial charge in [-0.1, -0.05) is 159 Å². The average molecular weight is 697 g/mol. The molecule has 0 aliphatic rings. The second-order valence-corrected chi connectivity index (χ2v) is 13.4. The van der Waals surface area contributed by atoms with Crippen LogP contribution in [0.3, 0.4) is 0 Å². The standard InChI is InChI=1S/C7H8.3C6H6.2C3H8O2.2C2H6O2S.C2H6/c1-7-5-3-2-4-6-7;3*1-2-4-6-5-3-1;2*1-4-3-5-2;2*1-5(2,3)4;1-2/h2-6H,1H3;3*1-6H;2*3H2,1-2H3;2*1-2H3;1-2H3. The first kappa shape index (κ1) is 53.1. The molecule has 0 aliphatic heterocycles. The maximum Gasteiger partial charge on any atom is 0.145 e. The van der Waals surface area contributed by atoms with Gasteiger partial charge in [0.2, 0.25) is 0 Å². The maximum absolute atomic E-state index is 9.63. The minimum absolute atomic E-state index is 0.389. The predicted octanol–water partition coefficient (Wildman–Crippen LogP) is 7.88. The number of benzene rings is 4. The third-order valence-electron chi connectivity index (χ3n) is 3.41. The Balaban J connectivity index is -0.000000142. The summed E-state index contributed by atoms with van der Waals surface area (Å²) in [6.45, 7) is 6.86. The molecule has 47 heavy (non-hydrogen) atoms. The van der Waals surface area contributed by atoms with E-state index in [9.17, 15) is 16.8 Å². The van der Waals surface area contributed by atoms with Crippen molar-refractivity contribution in [3.05, 3.63) is 145 Å². The Morgan fingerprint density at radius 3 is 0.574 bits per heavy atom. The molecule has 4 aromatic rings. The largest absolute Gasteiger partial charge is 0.359 e. The third kappa shape index (κ3) is 99.2. The summed E-state index contributed by atoms with van der Waals surface area (Å²) >= 11 is 0. The smallest absolute Gasteiger partial charge is 0.145 e. The highest BCUT2D eigenvalue weighted by Gasteiger charge is 1.79. The summed E-state index contributed by atoms with van der Waals surface area (Å²) in [6.07, 6.45) is 4.64. The van der Waals surface area contributed by atoms with Crippen LogP contribution >= 0.6 is 0 Å². The van der Waals surface area contributed by atoms with Crippen molar-refractivity contribution in [2.75, 3.05) is 67.0 Å². The van der Waals surface area contributed by atoms with Crippen LogP contribution < -0.4 is 0 Å². The fourth-order valence-electron chi connectivity index (χ4n) is 1.92. The molecule has 0 saturated carbocycles. The van der Waals surface area contributed by atoms with Crippen molar-refractivity contribution in [3.63, 3.8) is 0 Å². The Morgan fingerprint density at radius 2 is 0.511 bits per heavy atom. The lowest BCUT2D eigenvalue weighted by molar-refractivity contribution is -0.00282. The normalized spacial score (nSPS) is 8.74. The molecule has 0 N–H and O–H groups in total. The lowest BCUT2D eigenvalue weighted by Crippen LogP contribution is -1.87. The second-order valence-electron chi connectivity index (χ2n) is 8.80. The average Bonchev–Trinajstić information content (AvgIpc) is 3.06. The predicted molar refractivity (Wildman–Crippen MR) is 201 cm³/mol. The molecule has 0 spiro atoms. The van der Waals surface area contributed by atoms with Crippen LogP contribution in [0.5, 0.6) is 0 Å². The van der Waals surface area contributed by atoms with Gasteiger partial charge in [-0.25, -0.2) is 16.8 Å². The Hall–Kier alpha value is -3.38. The van der Waals surface area contributed by atoms with Gasteiger partial charge in [0.05, 0.1) is 0 Å². The van der Waals surface area contributed by atoms with Gasteiger partial charge in [0.1, 0.15) is 33.3 Å². The minimum atomic E-state index is -2.67. The van der Waals surface area contributed by atoms with E-state index in [4.69, 9.17) is 0 Å². The second kappa shape index (κ2) is 44.7. The Kier molecular flexibility index (Phi) is 50.6. The van der Waals surface area contributed by atoms with E-state index in [1.54, 1.807) is 28.4 Å². The summed E-state index contributed by atoms with van der Waals surface area (Å²) in [5.74, 6) is 0. The van der Waals surface area contributed by atoms with Gasteiger partial charge in [0, 0.05) is 53.5 Å². The molecule has 0 aromatic heterocycles. The Morgan fingerprint density at radius 1 is 0.383 bits per heavy atom. The van der Waals surface area contributed by atoms with Crippen LogP contribution in [0, 0.1) is 6.92 Å². The topological polar surface area (TPSA) is 105 Å². The number of sulfone groups is 2. The number of ether oxygens (including phenoxy) is 4. The SMILES string of the molecule is CC.COCOC.COCOC.CS(C)(=O)=O.CS(C)(=O)=O.Cc1ccccc1.c1ccccc1.c1ccccc1.c1ccccc1. The van der Waals surface area contributed by atoms with E-state index in [0.29, 0.717) is 13.6 Å². The first-order valence-corrected chi connectivity index (χ1v) is 19.1. The molecule has 0 bridgehead atoms. The fourth-order valence-corrected chi connectivity index (χ4v) is 1.92. The molecule has 0 saturated heterocycles. The number of methoxy groups -OCH3 is 4. The van der Waals surface area contributed by atoms with Crippen LogP contribution in [0.1, 0.15) is 19.4 Å². The molecule has 0 radical (unpaired) electrons. The van der Waals surface area contributed by atoms with Crippen LogP contribution in [-0.4, -0.2) is 83.9 Å². The molecule has 8 nitrogen and oxygen atoms in total. The van der Waals surface area contributed by atoms with Crippen LogP contribution in [0.2, 0.25) is 0 Å². The quantitative estimate of drug-likeness (QED) is 0.199. The molecule has 0 fully saturated rings. The molecule has 0 aliphatic carbocycles. The summed E-state index contributed by atoms with van der Waals surface area (Å²) < 4.78 is 56.4. The Bertz CT molecular complexity index is 1030. The molecule has 0 unspecified atom stereocenters. The number of hydrogen-bond donors (Lipinski definition) is 0. The molecule has 268 valence electrons. The van der Waals surface area contributed by atoms with Crippen LogP contribution in [0.25, 0.3) is 0 Å². The van der Waals surface area contributed by atoms with Crippen LogP contribution in [0.4, 0.5) is 0 Å². The minimum Gasteiger partial charge on any atom is -0.359 e. The van der Waals surface area contributed by atoms with E-state index < -0.39 is 19.7 Å². The van der Waals surface area contributed by atoms with E-state index in [1.807, 2.05) is 141 Å². The third-order valence-corrected chi connectivity index (χ3v) is 3.41. The van der Waals surface area contributed by atoms with Crippen molar-refractivity contribution >= 4 is 19.7 Å². The van der Waals surface area contributed by atoms with Gasteiger partial charge in [-0.2, -0.15) is 0 Å². The van der Waals surface area contributed by atoms with E-state index in [1.165, 1.54) is 5.56 Å². The number of aryl methyl sites for hydroxylation is 1. The van der Waals surface area contributed by atoms with Crippen LogP contribution in [-0.2, 0) is 38.6 Å². The van der Waals surface area contributed by atoms with Crippen molar-refractivity contribution in [1.82, 2.24) is 0 Å². The lowest BCUT2D eigenvalue weighted by atomic mass is 10.2. The summed E-state index contributed by atoms with van der Waals surface area (Å²) in [5, 5.41) is 0. The molecule has 10 heteroatoms. The summed E-state index contributed by atoms with van der Waals surface area (Å²) in [6, 6.07) is 46.3. The summed E-state index contributed by atoms with van der Waals surface area (Å²) in [4.78, 5) is 0. The van der Waals surface area contributed by atoms with Crippen LogP contribution in [0.15, 0.2) is 140 Å². The zero-order valence-corrected chi connectivity index (χ0v) is 31.9. The number of rotatable bonds is 4. The van der Waals surface area contributed by atoms with Gasteiger partial charge in [0.25, 0.3) is 0 Å². The summed E-state index contributed by atoms with van der Waals surface area (Å²) in [5.41, 5.74) is 1.32.